The minimum Gasteiger partial charge on any atom is -0.393 e. The summed E-state index contributed by atoms with van der Waals surface area (Å²) in [5.41, 5.74) is 6.09. The van der Waals surface area contributed by atoms with Crippen LogP contribution in [0.5, 0.6) is 0 Å². The summed E-state index contributed by atoms with van der Waals surface area (Å²) in [5.74, 6) is 0.413. The van der Waals surface area contributed by atoms with Gasteiger partial charge in [-0.1, -0.05) is 13.3 Å². The molecule has 14 heavy (non-hydrogen) atoms. The normalized spacial score (nSPS) is 45.6. The Labute approximate surface area is 86.3 Å². The molecule has 3 nitrogen and oxygen atoms in total. The molecule has 1 heterocycles. The van der Waals surface area contributed by atoms with Crippen molar-refractivity contribution >= 4 is 0 Å². The maximum atomic E-state index is 9.65. The van der Waals surface area contributed by atoms with E-state index in [0.29, 0.717) is 18.0 Å². The first-order valence-corrected chi connectivity index (χ1v) is 5.86. The second-order valence-corrected chi connectivity index (χ2v) is 4.99. The van der Waals surface area contributed by atoms with Gasteiger partial charge in [0.1, 0.15) is 0 Å². The summed E-state index contributed by atoms with van der Waals surface area (Å²) in [4.78, 5) is 2.50. The molecule has 1 aliphatic carbocycles. The highest BCUT2D eigenvalue weighted by atomic mass is 16.3. The maximum Gasteiger partial charge on any atom is 0.0590 e. The Balaban J connectivity index is 1.92. The Morgan fingerprint density at radius 2 is 2.07 bits per heavy atom. The number of nitrogens with zero attached hydrogens (tertiary/aromatic N) is 1. The van der Waals surface area contributed by atoms with E-state index in [1.165, 1.54) is 19.3 Å². The van der Waals surface area contributed by atoms with Crippen molar-refractivity contribution in [2.24, 2.45) is 11.7 Å². The number of aliphatic hydroxyl groups excluding tert-OH is 1. The van der Waals surface area contributed by atoms with Gasteiger partial charge in [0.25, 0.3) is 0 Å². The first kappa shape index (κ1) is 10.4. The van der Waals surface area contributed by atoms with Crippen molar-refractivity contribution in [3.05, 3.63) is 0 Å². The predicted octanol–water partition coefficient (Wildman–Crippen LogP) is 0.569. The maximum absolute atomic E-state index is 9.65. The molecule has 0 amide bonds. The number of nitrogens with two attached hydrogens (primary N) is 1. The van der Waals surface area contributed by atoms with E-state index in [2.05, 4.69) is 11.8 Å². The highest BCUT2D eigenvalue weighted by Gasteiger charge is 2.33. The van der Waals surface area contributed by atoms with Gasteiger partial charge >= 0.3 is 0 Å². The summed E-state index contributed by atoms with van der Waals surface area (Å²) in [7, 11) is 0. The quantitative estimate of drug-likeness (QED) is 0.647. The summed E-state index contributed by atoms with van der Waals surface area (Å²) in [6.07, 6.45) is 4.54. The van der Waals surface area contributed by atoms with Crippen LogP contribution >= 0.6 is 0 Å². The first-order chi connectivity index (χ1) is 6.68. The Bertz CT molecular complexity index is 198. The number of aliphatic hydroxyl groups is 1. The molecule has 1 aliphatic heterocycles. The summed E-state index contributed by atoms with van der Waals surface area (Å²) < 4.78 is 0. The van der Waals surface area contributed by atoms with E-state index >= 15 is 0 Å². The smallest absolute Gasteiger partial charge is 0.0590 e. The van der Waals surface area contributed by atoms with Crippen LogP contribution in [0.15, 0.2) is 0 Å². The summed E-state index contributed by atoms with van der Waals surface area (Å²) >= 11 is 0. The average Bonchev–Trinajstić information content (AvgIpc) is 2.57. The summed E-state index contributed by atoms with van der Waals surface area (Å²) in [5, 5.41) is 9.65. The largest absolute Gasteiger partial charge is 0.393 e. The van der Waals surface area contributed by atoms with Gasteiger partial charge in [-0.25, -0.2) is 0 Å². The zero-order valence-corrected chi connectivity index (χ0v) is 9.02. The van der Waals surface area contributed by atoms with E-state index in [0.717, 1.165) is 19.5 Å². The lowest BCUT2D eigenvalue weighted by Gasteiger charge is -2.39. The monoisotopic (exact) mass is 198 g/mol. The molecule has 0 bridgehead atoms. The van der Waals surface area contributed by atoms with Gasteiger partial charge < -0.3 is 10.8 Å². The molecule has 1 saturated heterocycles. The van der Waals surface area contributed by atoms with Gasteiger partial charge in [-0.2, -0.15) is 0 Å². The molecule has 0 spiro atoms. The van der Waals surface area contributed by atoms with Gasteiger partial charge in [-0.15, -0.1) is 0 Å². The van der Waals surface area contributed by atoms with E-state index in [4.69, 9.17) is 5.73 Å². The average molecular weight is 198 g/mol. The second kappa shape index (κ2) is 4.17. The van der Waals surface area contributed by atoms with Crippen LogP contribution in [0.2, 0.25) is 0 Å². The Hall–Kier alpha value is -0.120. The molecule has 3 N–H and O–H groups in total. The highest BCUT2D eigenvalue weighted by molar-refractivity contribution is 4.91. The lowest BCUT2D eigenvalue weighted by molar-refractivity contribution is 0.0156. The third-order valence-electron chi connectivity index (χ3n) is 3.89. The van der Waals surface area contributed by atoms with Crippen LogP contribution in [0.4, 0.5) is 0 Å². The zero-order chi connectivity index (χ0) is 10.1. The van der Waals surface area contributed by atoms with Gasteiger partial charge in [0.2, 0.25) is 0 Å². The Morgan fingerprint density at radius 3 is 2.64 bits per heavy atom. The number of piperidine rings is 1. The fourth-order valence-corrected chi connectivity index (χ4v) is 2.89. The minimum absolute atomic E-state index is 0.0936. The molecule has 2 rings (SSSR count). The van der Waals surface area contributed by atoms with Crippen molar-refractivity contribution < 1.29 is 5.11 Å². The van der Waals surface area contributed by atoms with Crippen LogP contribution in [-0.4, -0.2) is 41.3 Å². The van der Waals surface area contributed by atoms with E-state index in [9.17, 15) is 5.11 Å². The highest BCUT2D eigenvalue weighted by Crippen LogP contribution is 2.27. The van der Waals surface area contributed by atoms with Crippen LogP contribution in [0.3, 0.4) is 0 Å². The van der Waals surface area contributed by atoms with Crippen molar-refractivity contribution in [1.29, 1.82) is 0 Å². The van der Waals surface area contributed by atoms with Gasteiger partial charge in [0, 0.05) is 25.2 Å². The SMILES string of the molecule is CC1CN(C2CCCC2N)CCC1O. The van der Waals surface area contributed by atoms with Crippen molar-refractivity contribution in [3.63, 3.8) is 0 Å². The number of hydrogen-bond acceptors (Lipinski definition) is 3. The van der Waals surface area contributed by atoms with Crippen LogP contribution in [0.25, 0.3) is 0 Å². The third-order valence-corrected chi connectivity index (χ3v) is 3.89. The zero-order valence-electron chi connectivity index (χ0n) is 9.02. The lowest BCUT2D eigenvalue weighted by Crippen LogP contribution is -2.51. The summed E-state index contributed by atoms with van der Waals surface area (Å²) in [6.45, 7) is 4.20. The first-order valence-electron chi connectivity index (χ1n) is 5.86. The van der Waals surface area contributed by atoms with Gasteiger partial charge in [0.15, 0.2) is 0 Å². The number of hydrogen-bond donors (Lipinski definition) is 2. The van der Waals surface area contributed by atoms with Crippen molar-refractivity contribution in [2.75, 3.05) is 13.1 Å². The van der Waals surface area contributed by atoms with Crippen LogP contribution in [0, 0.1) is 5.92 Å². The fraction of sp³-hybridized carbons (Fsp3) is 1.00. The Morgan fingerprint density at radius 1 is 1.29 bits per heavy atom. The number of likely N-dealkylation sites (tertiary alicyclic amines) is 1. The Kier molecular flexibility index (Phi) is 3.10. The molecular formula is C11H22N2O. The molecule has 2 fully saturated rings. The molecule has 4 atom stereocenters. The fourth-order valence-electron chi connectivity index (χ4n) is 2.89. The van der Waals surface area contributed by atoms with Crippen molar-refractivity contribution in [3.8, 4) is 0 Å². The second-order valence-electron chi connectivity index (χ2n) is 4.99. The minimum atomic E-state index is -0.0936. The molecule has 0 aromatic carbocycles. The standard InChI is InChI=1S/C11H22N2O/c1-8-7-13(6-5-11(8)14)10-4-2-3-9(10)12/h8-11,14H,2-7,12H2,1H3. The van der Waals surface area contributed by atoms with E-state index < -0.39 is 0 Å². The molecule has 0 aromatic heterocycles. The molecular weight excluding hydrogens is 176 g/mol. The third kappa shape index (κ3) is 1.95. The van der Waals surface area contributed by atoms with Crippen molar-refractivity contribution in [2.45, 2.75) is 50.8 Å². The predicted molar refractivity (Wildman–Crippen MR) is 57.0 cm³/mol. The molecule has 82 valence electrons. The van der Waals surface area contributed by atoms with Crippen LogP contribution in [-0.2, 0) is 0 Å². The van der Waals surface area contributed by atoms with Crippen LogP contribution in [0.1, 0.15) is 32.6 Å². The molecule has 0 radical (unpaired) electrons. The molecule has 3 heteroatoms. The molecule has 4 unspecified atom stereocenters. The van der Waals surface area contributed by atoms with Crippen molar-refractivity contribution in [1.82, 2.24) is 4.90 Å². The van der Waals surface area contributed by atoms with Gasteiger partial charge in [-0.05, 0) is 25.2 Å². The molecule has 1 saturated carbocycles. The van der Waals surface area contributed by atoms with Gasteiger partial charge in [0.05, 0.1) is 6.10 Å². The van der Waals surface area contributed by atoms with E-state index in [-0.39, 0.29) is 6.10 Å². The van der Waals surface area contributed by atoms with E-state index in [1.54, 1.807) is 0 Å². The van der Waals surface area contributed by atoms with Gasteiger partial charge in [-0.3, -0.25) is 4.90 Å². The number of rotatable bonds is 1. The van der Waals surface area contributed by atoms with Crippen LogP contribution < -0.4 is 5.73 Å². The summed E-state index contributed by atoms with van der Waals surface area (Å²) in [6, 6.07) is 0.961. The molecule has 0 aromatic rings. The topological polar surface area (TPSA) is 49.5 Å². The molecule has 2 aliphatic rings. The lowest BCUT2D eigenvalue weighted by atomic mass is 9.94. The van der Waals surface area contributed by atoms with E-state index in [1.807, 2.05) is 0 Å².